The van der Waals surface area contributed by atoms with Crippen molar-refractivity contribution >= 4 is 29.3 Å². The maximum absolute atomic E-state index is 12.9. The lowest BCUT2D eigenvalue weighted by Gasteiger charge is -2.17. The second-order valence-electron chi connectivity index (χ2n) is 7.13. The van der Waals surface area contributed by atoms with Gasteiger partial charge < -0.3 is 14.4 Å². The van der Waals surface area contributed by atoms with E-state index in [1.54, 1.807) is 24.3 Å². The summed E-state index contributed by atoms with van der Waals surface area (Å²) in [7, 11) is 0. The highest BCUT2D eigenvalue weighted by Gasteiger charge is 2.36. The Hall–Kier alpha value is -3.55. The average molecular weight is 427 g/mol. The zero-order chi connectivity index (χ0) is 22.4. The number of benzene rings is 2. The van der Waals surface area contributed by atoms with Gasteiger partial charge in [0.25, 0.3) is 0 Å². The molecule has 0 unspecified atom stereocenters. The van der Waals surface area contributed by atoms with E-state index in [0.717, 1.165) is 18.6 Å². The summed E-state index contributed by atoms with van der Waals surface area (Å²) in [5.41, 5.74) is 1.16. The van der Waals surface area contributed by atoms with Gasteiger partial charge in [-0.05, 0) is 55.0 Å². The number of halogens is 1. The number of carbonyl (C=O) groups excluding carboxylic acids is 4. The summed E-state index contributed by atoms with van der Waals surface area (Å²) in [6.07, 6.45) is 0.683. The van der Waals surface area contributed by atoms with Crippen LogP contribution in [-0.4, -0.2) is 43.4 Å². The fourth-order valence-corrected chi connectivity index (χ4v) is 3.14. The van der Waals surface area contributed by atoms with Crippen molar-refractivity contribution in [2.45, 2.75) is 19.8 Å². The molecule has 3 rings (SSSR count). The molecule has 1 saturated heterocycles. The molecule has 1 amide bonds. The van der Waals surface area contributed by atoms with E-state index in [1.807, 2.05) is 6.92 Å². The Morgan fingerprint density at radius 1 is 1.00 bits per heavy atom. The summed E-state index contributed by atoms with van der Waals surface area (Å²) in [5.74, 6) is -2.97. The van der Waals surface area contributed by atoms with Gasteiger partial charge in [-0.25, -0.2) is 9.18 Å². The monoisotopic (exact) mass is 427 g/mol. The Kier molecular flexibility index (Phi) is 7.12. The Bertz CT molecular complexity index is 971. The smallest absolute Gasteiger partial charge is 0.338 e. The molecule has 0 aliphatic carbocycles. The van der Waals surface area contributed by atoms with E-state index in [4.69, 9.17) is 9.47 Å². The highest BCUT2D eigenvalue weighted by atomic mass is 19.1. The third-order valence-corrected chi connectivity index (χ3v) is 4.82. The molecule has 31 heavy (non-hydrogen) atoms. The number of Topliss-reactive ketones (excluding diaryl/α,β-unsaturated/α-hetero) is 1. The zero-order valence-corrected chi connectivity index (χ0v) is 17.0. The van der Waals surface area contributed by atoms with Gasteiger partial charge in [-0.2, -0.15) is 0 Å². The van der Waals surface area contributed by atoms with E-state index in [0.29, 0.717) is 17.9 Å². The SMILES string of the molecule is CCCOC(=O)c1ccc(N2C[C@@H](C(=O)OCC(=O)c3ccc(F)cc3)CC2=O)cc1. The van der Waals surface area contributed by atoms with Crippen LogP contribution < -0.4 is 4.90 Å². The predicted molar refractivity (Wildman–Crippen MR) is 109 cm³/mol. The lowest BCUT2D eigenvalue weighted by Crippen LogP contribution is -2.27. The number of nitrogens with zero attached hydrogens (tertiary/aromatic N) is 1. The van der Waals surface area contributed by atoms with Gasteiger partial charge in [-0.1, -0.05) is 6.92 Å². The Labute approximate surface area is 178 Å². The highest BCUT2D eigenvalue weighted by molar-refractivity contribution is 6.01. The second kappa shape index (κ2) is 9.97. The van der Waals surface area contributed by atoms with Gasteiger partial charge in [0.05, 0.1) is 18.1 Å². The van der Waals surface area contributed by atoms with Crippen LogP contribution in [-0.2, 0) is 19.1 Å². The number of hydrogen-bond acceptors (Lipinski definition) is 6. The molecule has 8 heteroatoms. The van der Waals surface area contributed by atoms with Crippen LogP contribution in [0.25, 0.3) is 0 Å². The van der Waals surface area contributed by atoms with Gasteiger partial charge in [-0.3, -0.25) is 14.4 Å². The van der Waals surface area contributed by atoms with Crippen LogP contribution in [0.3, 0.4) is 0 Å². The first-order chi connectivity index (χ1) is 14.9. The Morgan fingerprint density at radius 2 is 1.65 bits per heavy atom. The van der Waals surface area contributed by atoms with Crippen molar-refractivity contribution in [1.82, 2.24) is 0 Å². The minimum absolute atomic E-state index is 0.0378. The molecule has 162 valence electrons. The van der Waals surface area contributed by atoms with Gasteiger partial charge in [0.2, 0.25) is 5.91 Å². The Balaban J connectivity index is 1.55. The van der Waals surface area contributed by atoms with Crippen molar-refractivity contribution in [3.63, 3.8) is 0 Å². The number of amides is 1. The van der Waals surface area contributed by atoms with Crippen LogP contribution in [0.4, 0.5) is 10.1 Å². The summed E-state index contributed by atoms with van der Waals surface area (Å²) in [4.78, 5) is 50.1. The highest BCUT2D eigenvalue weighted by Crippen LogP contribution is 2.26. The molecule has 0 N–H and O–H groups in total. The van der Waals surface area contributed by atoms with Crippen LogP contribution in [0, 0.1) is 11.7 Å². The standard InChI is InChI=1S/C23H22FNO6/c1-2-11-30-22(28)16-5-9-19(10-6-16)25-13-17(12-21(25)27)23(29)31-14-20(26)15-3-7-18(24)8-4-15/h3-10,17H,2,11-14H2,1H3/t17-/m0/s1. The number of ketones is 1. The molecule has 7 nitrogen and oxygen atoms in total. The van der Waals surface area contributed by atoms with Gasteiger partial charge in [0.15, 0.2) is 12.4 Å². The van der Waals surface area contributed by atoms with Crippen molar-refractivity contribution in [2.75, 3.05) is 24.7 Å². The number of anilines is 1. The van der Waals surface area contributed by atoms with E-state index in [1.165, 1.54) is 17.0 Å². The molecule has 1 fully saturated rings. The summed E-state index contributed by atoms with van der Waals surface area (Å²) in [6, 6.07) is 11.3. The molecular weight excluding hydrogens is 405 g/mol. The lowest BCUT2D eigenvalue weighted by atomic mass is 10.1. The summed E-state index contributed by atoms with van der Waals surface area (Å²) in [6.45, 7) is 1.86. The third-order valence-electron chi connectivity index (χ3n) is 4.82. The van der Waals surface area contributed by atoms with Crippen molar-refractivity contribution in [1.29, 1.82) is 0 Å². The van der Waals surface area contributed by atoms with E-state index >= 15 is 0 Å². The molecule has 0 aromatic heterocycles. The predicted octanol–water partition coefficient (Wildman–Crippen LogP) is 3.17. The molecule has 1 atom stereocenters. The minimum atomic E-state index is -0.706. The quantitative estimate of drug-likeness (QED) is 0.475. The van der Waals surface area contributed by atoms with Crippen LogP contribution in [0.2, 0.25) is 0 Å². The molecular formula is C23H22FNO6. The van der Waals surface area contributed by atoms with Crippen LogP contribution in [0.5, 0.6) is 0 Å². The van der Waals surface area contributed by atoms with Crippen molar-refractivity contribution < 1.29 is 33.0 Å². The maximum atomic E-state index is 12.9. The Morgan fingerprint density at radius 3 is 2.29 bits per heavy atom. The normalized spacial score (nSPS) is 15.6. The van der Waals surface area contributed by atoms with E-state index < -0.39 is 36.1 Å². The number of rotatable bonds is 8. The lowest BCUT2D eigenvalue weighted by molar-refractivity contribution is -0.147. The zero-order valence-electron chi connectivity index (χ0n) is 17.0. The fourth-order valence-electron chi connectivity index (χ4n) is 3.14. The summed E-state index contributed by atoms with van der Waals surface area (Å²) in [5, 5.41) is 0. The maximum Gasteiger partial charge on any atom is 0.338 e. The molecule has 0 bridgehead atoms. The second-order valence-corrected chi connectivity index (χ2v) is 7.13. The van der Waals surface area contributed by atoms with Crippen LogP contribution >= 0.6 is 0 Å². The van der Waals surface area contributed by atoms with Crippen LogP contribution in [0.15, 0.2) is 48.5 Å². The van der Waals surface area contributed by atoms with Gasteiger partial charge in [0, 0.05) is 24.2 Å². The fraction of sp³-hybridized carbons (Fsp3) is 0.304. The first-order valence-corrected chi connectivity index (χ1v) is 9.92. The summed E-state index contributed by atoms with van der Waals surface area (Å²) < 4.78 is 23.1. The molecule has 1 heterocycles. The molecule has 1 aliphatic rings. The minimum Gasteiger partial charge on any atom is -0.462 e. The topological polar surface area (TPSA) is 90.0 Å². The number of hydrogen-bond donors (Lipinski definition) is 0. The van der Waals surface area contributed by atoms with Crippen molar-refractivity contribution in [2.24, 2.45) is 5.92 Å². The van der Waals surface area contributed by atoms with Gasteiger partial charge in [-0.15, -0.1) is 0 Å². The first-order valence-electron chi connectivity index (χ1n) is 9.92. The van der Waals surface area contributed by atoms with Gasteiger partial charge in [0.1, 0.15) is 5.82 Å². The number of esters is 2. The third kappa shape index (κ3) is 5.53. The number of ether oxygens (including phenoxy) is 2. The molecule has 1 aliphatic heterocycles. The number of carbonyl (C=O) groups is 4. The average Bonchev–Trinajstić information content (AvgIpc) is 3.17. The molecule has 0 spiro atoms. The molecule has 0 radical (unpaired) electrons. The van der Waals surface area contributed by atoms with Crippen molar-refractivity contribution in [3.8, 4) is 0 Å². The molecule has 2 aromatic carbocycles. The van der Waals surface area contributed by atoms with Gasteiger partial charge >= 0.3 is 11.9 Å². The van der Waals surface area contributed by atoms with E-state index in [2.05, 4.69) is 0 Å². The largest absolute Gasteiger partial charge is 0.462 e. The molecule has 0 saturated carbocycles. The van der Waals surface area contributed by atoms with E-state index in [-0.39, 0.29) is 24.4 Å². The first kappa shape index (κ1) is 22.1. The van der Waals surface area contributed by atoms with E-state index in [9.17, 15) is 23.6 Å². The summed E-state index contributed by atoms with van der Waals surface area (Å²) >= 11 is 0. The van der Waals surface area contributed by atoms with Crippen LogP contribution in [0.1, 0.15) is 40.5 Å². The van der Waals surface area contributed by atoms with Crippen molar-refractivity contribution in [3.05, 3.63) is 65.5 Å². The molecule has 2 aromatic rings.